The lowest BCUT2D eigenvalue weighted by Gasteiger charge is -2.20. The van der Waals surface area contributed by atoms with Crippen molar-refractivity contribution < 1.29 is 13.9 Å². The highest BCUT2D eigenvalue weighted by atomic mass is 32.2. The number of hydrogen-bond acceptors (Lipinski definition) is 3. The van der Waals surface area contributed by atoms with Crippen molar-refractivity contribution in [2.45, 2.75) is 0 Å². The average Bonchev–Trinajstić information content (AvgIpc) is 2.35. The molecule has 5 nitrogen and oxygen atoms in total. The third-order valence-corrected chi connectivity index (χ3v) is 3.13. The predicted molar refractivity (Wildman–Crippen MR) is 71.9 cm³/mol. The second kappa shape index (κ2) is 5.07. The lowest BCUT2D eigenvalue weighted by atomic mass is 10.2. The van der Waals surface area contributed by atoms with Crippen molar-refractivity contribution >= 4 is 28.3 Å². The van der Waals surface area contributed by atoms with Crippen LogP contribution in [0.25, 0.3) is 0 Å². The van der Waals surface area contributed by atoms with Crippen LogP contribution < -0.4 is 10.0 Å². The first kappa shape index (κ1) is 12.4. The highest BCUT2D eigenvalue weighted by Crippen LogP contribution is 2.31. The molecule has 0 bridgehead atoms. The van der Waals surface area contributed by atoms with Gasteiger partial charge in [0.2, 0.25) is 0 Å². The van der Waals surface area contributed by atoms with Gasteiger partial charge in [-0.2, -0.15) is 0 Å². The van der Waals surface area contributed by atoms with Crippen molar-refractivity contribution in [3.05, 3.63) is 48.5 Å². The van der Waals surface area contributed by atoms with Gasteiger partial charge in [-0.1, -0.05) is 18.2 Å². The van der Waals surface area contributed by atoms with E-state index in [0.717, 1.165) is 0 Å². The number of benzene rings is 2. The lowest BCUT2D eigenvalue weighted by Crippen LogP contribution is -2.19. The molecule has 0 aliphatic heterocycles. The van der Waals surface area contributed by atoms with Crippen LogP contribution in [0, 0.1) is 0 Å². The molecule has 2 rings (SSSR count). The second-order valence-corrected chi connectivity index (χ2v) is 4.43. The topological polar surface area (TPSA) is 86.8 Å². The first-order valence-electron chi connectivity index (χ1n) is 5.14. The number of aromatic hydroxyl groups is 1. The Balaban J connectivity index is 2.49. The van der Waals surface area contributed by atoms with Gasteiger partial charge in [-0.3, -0.25) is 4.55 Å². The number of rotatable bonds is 3. The van der Waals surface area contributed by atoms with Gasteiger partial charge in [0.1, 0.15) is 5.75 Å². The van der Waals surface area contributed by atoms with Crippen LogP contribution in [0.5, 0.6) is 5.75 Å². The molecule has 1 unspecified atom stereocenters. The van der Waals surface area contributed by atoms with Crippen LogP contribution >= 0.6 is 0 Å². The van der Waals surface area contributed by atoms with E-state index in [-0.39, 0.29) is 11.4 Å². The van der Waals surface area contributed by atoms with Crippen LogP contribution in [0.3, 0.4) is 0 Å². The van der Waals surface area contributed by atoms with Gasteiger partial charge < -0.3 is 10.8 Å². The van der Waals surface area contributed by atoms with E-state index in [1.54, 1.807) is 30.3 Å². The van der Waals surface area contributed by atoms with Gasteiger partial charge in [0.25, 0.3) is 11.3 Å². The summed E-state index contributed by atoms with van der Waals surface area (Å²) in [6, 6.07) is 13.1. The van der Waals surface area contributed by atoms with E-state index in [1.807, 2.05) is 6.07 Å². The first-order valence-corrected chi connectivity index (χ1v) is 6.20. The van der Waals surface area contributed by atoms with Crippen LogP contribution in [-0.2, 0) is 11.3 Å². The Kier molecular flexibility index (Phi) is 3.50. The maximum Gasteiger partial charge on any atom is 0.266 e. The van der Waals surface area contributed by atoms with Crippen LogP contribution in [0.4, 0.5) is 17.1 Å². The minimum Gasteiger partial charge on any atom is -0.506 e. The molecular formula is C12H12N2O3S. The Morgan fingerprint density at radius 2 is 1.72 bits per heavy atom. The minimum absolute atomic E-state index is 0.126. The summed E-state index contributed by atoms with van der Waals surface area (Å²) >= 11 is -2.24. The van der Waals surface area contributed by atoms with Gasteiger partial charge in [-0.05, 0) is 24.3 Å². The Morgan fingerprint density at radius 1 is 1.06 bits per heavy atom. The van der Waals surface area contributed by atoms with E-state index in [0.29, 0.717) is 11.4 Å². The quantitative estimate of drug-likeness (QED) is 0.451. The molecular weight excluding hydrogens is 252 g/mol. The summed E-state index contributed by atoms with van der Waals surface area (Å²) in [4.78, 5) is 0. The molecule has 6 heteroatoms. The molecule has 0 heterocycles. The van der Waals surface area contributed by atoms with Crippen molar-refractivity contribution in [3.8, 4) is 5.75 Å². The van der Waals surface area contributed by atoms with E-state index in [4.69, 9.17) is 5.73 Å². The number of phenols is 1. The maximum absolute atomic E-state index is 11.4. The second-order valence-electron chi connectivity index (χ2n) is 3.60. The van der Waals surface area contributed by atoms with Gasteiger partial charge in [0, 0.05) is 6.07 Å². The van der Waals surface area contributed by atoms with Gasteiger partial charge in [-0.25, -0.2) is 8.51 Å². The number of nitrogens with two attached hydrogens (primary N) is 1. The summed E-state index contributed by atoms with van der Waals surface area (Å²) in [6.07, 6.45) is 0. The molecule has 18 heavy (non-hydrogen) atoms. The third-order valence-electron chi connectivity index (χ3n) is 2.40. The van der Waals surface area contributed by atoms with Crippen LogP contribution in [0.1, 0.15) is 0 Å². The highest BCUT2D eigenvalue weighted by Gasteiger charge is 2.15. The number of nitrogen functional groups attached to an aromatic ring is 1. The van der Waals surface area contributed by atoms with E-state index < -0.39 is 11.3 Å². The normalized spacial score (nSPS) is 12.1. The zero-order valence-electron chi connectivity index (χ0n) is 9.35. The number of para-hydroxylation sites is 1. The Hall–Kier alpha value is -2.05. The van der Waals surface area contributed by atoms with Crippen molar-refractivity contribution in [2.75, 3.05) is 10.0 Å². The largest absolute Gasteiger partial charge is 0.506 e. The van der Waals surface area contributed by atoms with Gasteiger partial charge >= 0.3 is 0 Å². The highest BCUT2D eigenvalue weighted by molar-refractivity contribution is 7.81. The smallest absolute Gasteiger partial charge is 0.266 e. The molecule has 0 saturated heterocycles. The Labute approximate surface area is 107 Å². The molecule has 0 aliphatic carbocycles. The summed E-state index contributed by atoms with van der Waals surface area (Å²) in [5.74, 6) is -0.126. The monoisotopic (exact) mass is 264 g/mol. The fourth-order valence-electron chi connectivity index (χ4n) is 1.55. The fraction of sp³-hybridized carbons (Fsp3) is 0. The van der Waals surface area contributed by atoms with Crippen LogP contribution in [0.2, 0.25) is 0 Å². The average molecular weight is 264 g/mol. The summed E-state index contributed by atoms with van der Waals surface area (Å²) < 4.78 is 22.0. The number of hydrogen-bond donors (Lipinski definition) is 3. The lowest BCUT2D eigenvalue weighted by molar-refractivity contribution is 0.478. The van der Waals surface area contributed by atoms with Crippen LogP contribution in [-0.4, -0.2) is 13.9 Å². The summed E-state index contributed by atoms with van der Waals surface area (Å²) in [7, 11) is 0. The molecule has 0 saturated carbocycles. The number of anilines is 3. The van der Waals surface area contributed by atoms with Crippen molar-refractivity contribution in [3.63, 3.8) is 0 Å². The molecule has 0 spiro atoms. The van der Waals surface area contributed by atoms with E-state index in [9.17, 15) is 13.9 Å². The zero-order valence-corrected chi connectivity index (χ0v) is 10.2. The molecule has 0 aliphatic rings. The maximum atomic E-state index is 11.4. The van der Waals surface area contributed by atoms with E-state index in [1.165, 1.54) is 16.4 Å². The van der Waals surface area contributed by atoms with Gasteiger partial charge in [0.05, 0.1) is 17.1 Å². The van der Waals surface area contributed by atoms with Gasteiger partial charge in [0.15, 0.2) is 0 Å². The van der Waals surface area contributed by atoms with Crippen molar-refractivity contribution in [1.82, 2.24) is 0 Å². The Morgan fingerprint density at radius 3 is 2.28 bits per heavy atom. The Bertz CT molecular complexity index is 575. The van der Waals surface area contributed by atoms with E-state index in [2.05, 4.69) is 0 Å². The molecule has 0 aromatic heterocycles. The van der Waals surface area contributed by atoms with Crippen LogP contribution in [0.15, 0.2) is 48.5 Å². The zero-order chi connectivity index (χ0) is 13.1. The summed E-state index contributed by atoms with van der Waals surface area (Å²) in [5, 5.41) is 9.55. The fourth-order valence-corrected chi connectivity index (χ4v) is 2.15. The molecule has 94 valence electrons. The number of phenolic OH excluding ortho intramolecular Hbond substituents is 1. The molecule has 0 fully saturated rings. The first-order chi connectivity index (χ1) is 8.59. The standard InChI is InChI=1S/C12H12N2O3S/c13-11-7-6-10(8-12(11)15)14(18(16)17)9-4-2-1-3-5-9/h1-8,15H,13H2,(H,16,17). The predicted octanol–water partition coefficient (Wildman–Crippen LogP) is 2.25. The summed E-state index contributed by atoms with van der Waals surface area (Å²) in [6.45, 7) is 0. The molecule has 2 aromatic rings. The third kappa shape index (κ3) is 2.44. The van der Waals surface area contributed by atoms with Crippen molar-refractivity contribution in [2.24, 2.45) is 0 Å². The number of nitrogens with zero attached hydrogens (tertiary/aromatic N) is 1. The molecule has 0 amide bonds. The van der Waals surface area contributed by atoms with Crippen molar-refractivity contribution in [1.29, 1.82) is 0 Å². The summed E-state index contributed by atoms with van der Waals surface area (Å²) in [5.41, 5.74) is 6.64. The SMILES string of the molecule is Nc1ccc(N(c2ccccc2)S(=O)O)cc1O. The molecule has 2 aromatic carbocycles. The molecule has 4 N–H and O–H groups in total. The van der Waals surface area contributed by atoms with E-state index >= 15 is 0 Å². The molecule has 1 atom stereocenters. The molecule has 0 radical (unpaired) electrons. The minimum atomic E-state index is -2.24. The van der Waals surface area contributed by atoms with Gasteiger partial charge in [-0.15, -0.1) is 0 Å².